The van der Waals surface area contributed by atoms with Crippen LogP contribution < -0.4 is 0 Å². The van der Waals surface area contributed by atoms with Gasteiger partial charge in [-0.1, -0.05) is 80.3 Å². The number of hydrogen-bond donors (Lipinski definition) is 0. The van der Waals surface area contributed by atoms with Crippen molar-refractivity contribution in [2.24, 2.45) is 0 Å². The zero-order chi connectivity index (χ0) is 18.9. The van der Waals surface area contributed by atoms with Crippen molar-refractivity contribution in [3.8, 4) is 0 Å². The highest BCUT2D eigenvalue weighted by Gasteiger charge is 2.47. The number of carbonyl (C=O) groups is 1. The number of aryl methyl sites for hydroxylation is 2. The van der Waals surface area contributed by atoms with E-state index in [0.717, 1.165) is 12.0 Å². The predicted molar refractivity (Wildman–Crippen MR) is 108 cm³/mol. The van der Waals surface area contributed by atoms with Crippen molar-refractivity contribution >= 4 is 5.97 Å². The van der Waals surface area contributed by atoms with Crippen molar-refractivity contribution in [3.05, 3.63) is 71.3 Å². The van der Waals surface area contributed by atoms with Gasteiger partial charge in [0, 0.05) is 0 Å². The Morgan fingerprint density at radius 1 is 0.852 bits per heavy atom. The summed E-state index contributed by atoms with van der Waals surface area (Å²) in [5.74, 6) is -0.273. The highest BCUT2D eigenvalue weighted by Crippen LogP contribution is 2.41. The molecule has 0 N–H and O–H groups in total. The number of unbranched alkanes of at least 4 members (excludes halogenated alkanes) is 5. The smallest absolute Gasteiger partial charge is 0.338 e. The number of benzene rings is 2. The van der Waals surface area contributed by atoms with Crippen LogP contribution in [-0.2, 0) is 27.1 Å². The fourth-order valence-electron chi connectivity index (χ4n) is 3.68. The molecule has 144 valence electrons. The van der Waals surface area contributed by atoms with E-state index in [1.807, 2.05) is 6.07 Å². The molecular weight excluding hydrogens is 336 g/mol. The van der Waals surface area contributed by atoms with Crippen LogP contribution in [0.25, 0.3) is 0 Å². The van der Waals surface area contributed by atoms with Gasteiger partial charge in [0.2, 0.25) is 0 Å². The standard InChI is InChI=1S/C24H30O3/c1-26-24(25)23-22(27-23)21-18-12-11-17-20(21)16-10-5-3-2-4-7-13-19-14-8-6-9-15-19/h6,8-9,11-12,14-15,17-18,22-23H,2-5,7,10,13,16H2,1H3. The topological polar surface area (TPSA) is 38.8 Å². The minimum Gasteiger partial charge on any atom is -0.467 e. The van der Waals surface area contributed by atoms with Gasteiger partial charge in [-0.05, 0) is 42.4 Å². The number of carbonyl (C=O) groups excluding carboxylic acids is 1. The molecule has 0 bridgehead atoms. The lowest BCUT2D eigenvalue weighted by atomic mass is 9.97. The monoisotopic (exact) mass is 366 g/mol. The van der Waals surface area contributed by atoms with Crippen molar-refractivity contribution < 1.29 is 14.3 Å². The number of esters is 1. The molecule has 0 spiro atoms. The summed E-state index contributed by atoms with van der Waals surface area (Å²) >= 11 is 0. The Hall–Kier alpha value is -2.13. The number of rotatable bonds is 11. The van der Waals surface area contributed by atoms with Crippen molar-refractivity contribution in [3.63, 3.8) is 0 Å². The van der Waals surface area contributed by atoms with Crippen LogP contribution in [0.4, 0.5) is 0 Å². The molecule has 0 aromatic heterocycles. The maximum absolute atomic E-state index is 11.6. The second-order valence-electron chi connectivity index (χ2n) is 7.31. The third-order valence-corrected chi connectivity index (χ3v) is 5.29. The molecular formula is C24H30O3. The Balaban J connectivity index is 1.31. The molecule has 0 aliphatic carbocycles. The lowest BCUT2D eigenvalue weighted by Crippen LogP contribution is -2.09. The zero-order valence-corrected chi connectivity index (χ0v) is 16.2. The van der Waals surface area contributed by atoms with Crippen molar-refractivity contribution in [2.45, 2.75) is 63.6 Å². The molecule has 0 saturated carbocycles. The summed E-state index contributed by atoms with van der Waals surface area (Å²) in [5.41, 5.74) is 3.90. The van der Waals surface area contributed by atoms with Gasteiger partial charge < -0.3 is 9.47 Å². The molecule has 1 aliphatic heterocycles. The van der Waals surface area contributed by atoms with E-state index in [1.165, 1.54) is 63.2 Å². The quantitative estimate of drug-likeness (QED) is 0.302. The van der Waals surface area contributed by atoms with Crippen LogP contribution >= 0.6 is 0 Å². The molecule has 27 heavy (non-hydrogen) atoms. The van der Waals surface area contributed by atoms with Crippen molar-refractivity contribution in [1.82, 2.24) is 0 Å². The third-order valence-electron chi connectivity index (χ3n) is 5.29. The van der Waals surface area contributed by atoms with Gasteiger partial charge in [-0.25, -0.2) is 4.79 Å². The molecule has 2 aromatic rings. The molecule has 2 aromatic carbocycles. The van der Waals surface area contributed by atoms with Crippen LogP contribution in [0, 0.1) is 0 Å². The predicted octanol–water partition coefficient (Wildman–Crippen LogP) is 5.43. The maximum atomic E-state index is 11.6. The lowest BCUT2D eigenvalue weighted by Gasteiger charge is -2.07. The van der Waals surface area contributed by atoms with Gasteiger partial charge in [0.25, 0.3) is 0 Å². The molecule has 2 unspecified atom stereocenters. The van der Waals surface area contributed by atoms with Gasteiger partial charge in [0.05, 0.1) is 7.11 Å². The minimum atomic E-state index is -0.416. The first-order valence-electron chi connectivity index (χ1n) is 10.1. The number of methoxy groups -OCH3 is 1. The van der Waals surface area contributed by atoms with E-state index in [-0.39, 0.29) is 12.1 Å². The van der Waals surface area contributed by atoms with Crippen LogP contribution in [0.3, 0.4) is 0 Å². The van der Waals surface area contributed by atoms with Crippen LogP contribution in [0.15, 0.2) is 54.6 Å². The fraction of sp³-hybridized carbons (Fsp3) is 0.458. The highest BCUT2D eigenvalue weighted by atomic mass is 16.6. The average molecular weight is 367 g/mol. The molecule has 1 aliphatic rings. The summed E-state index contributed by atoms with van der Waals surface area (Å²) in [6.07, 6.45) is 9.34. The average Bonchev–Trinajstić information content (AvgIpc) is 3.51. The summed E-state index contributed by atoms with van der Waals surface area (Å²) in [5, 5.41) is 0. The molecule has 2 atom stereocenters. The maximum Gasteiger partial charge on any atom is 0.338 e. The second-order valence-corrected chi connectivity index (χ2v) is 7.31. The Bertz CT molecular complexity index is 711. The zero-order valence-electron chi connectivity index (χ0n) is 16.2. The van der Waals surface area contributed by atoms with E-state index in [4.69, 9.17) is 9.47 Å². The van der Waals surface area contributed by atoms with Gasteiger partial charge in [-0.3, -0.25) is 0 Å². The number of ether oxygens (including phenoxy) is 2. The van der Waals surface area contributed by atoms with E-state index >= 15 is 0 Å². The van der Waals surface area contributed by atoms with Crippen molar-refractivity contribution in [1.29, 1.82) is 0 Å². The Morgan fingerprint density at radius 2 is 1.48 bits per heavy atom. The first-order chi connectivity index (χ1) is 13.3. The van der Waals surface area contributed by atoms with Crippen LogP contribution in [0.1, 0.15) is 61.3 Å². The van der Waals surface area contributed by atoms with E-state index < -0.39 is 6.10 Å². The van der Waals surface area contributed by atoms with Crippen LogP contribution in [0.2, 0.25) is 0 Å². The Morgan fingerprint density at radius 3 is 2.22 bits per heavy atom. The van der Waals surface area contributed by atoms with Gasteiger partial charge in [-0.2, -0.15) is 0 Å². The summed E-state index contributed by atoms with van der Waals surface area (Å²) < 4.78 is 10.3. The fourth-order valence-corrected chi connectivity index (χ4v) is 3.68. The number of epoxide rings is 1. The largest absolute Gasteiger partial charge is 0.467 e. The summed E-state index contributed by atoms with van der Waals surface area (Å²) in [7, 11) is 1.41. The molecule has 1 heterocycles. The van der Waals surface area contributed by atoms with Gasteiger partial charge in [-0.15, -0.1) is 0 Å². The van der Waals surface area contributed by atoms with E-state index in [0.29, 0.717) is 0 Å². The van der Waals surface area contributed by atoms with Gasteiger partial charge in [0.1, 0.15) is 6.10 Å². The minimum absolute atomic E-state index is 0.119. The summed E-state index contributed by atoms with van der Waals surface area (Å²) in [6, 6.07) is 19.1. The van der Waals surface area contributed by atoms with Crippen LogP contribution in [0.5, 0.6) is 0 Å². The van der Waals surface area contributed by atoms with Gasteiger partial charge >= 0.3 is 5.97 Å². The summed E-state index contributed by atoms with van der Waals surface area (Å²) in [4.78, 5) is 11.6. The van der Waals surface area contributed by atoms with E-state index in [2.05, 4.69) is 48.5 Å². The third kappa shape index (κ3) is 5.93. The molecule has 3 heteroatoms. The molecule has 0 radical (unpaired) electrons. The highest BCUT2D eigenvalue weighted by molar-refractivity contribution is 5.78. The molecule has 3 nitrogen and oxygen atoms in total. The molecule has 1 fully saturated rings. The van der Waals surface area contributed by atoms with Crippen molar-refractivity contribution in [2.75, 3.05) is 7.11 Å². The lowest BCUT2D eigenvalue weighted by molar-refractivity contribution is -0.142. The SMILES string of the molecule is COC(=O)C1OC1c1ccccc1CCCCCCCCc1ccccc1. The Labute approximate surface area is 162 Å². The van der Waals surface area contributed by atoms with E-state index in [1.54, 1.807) is 0 Å². The molecule has 1 saturated heterocycles. The normalized spacial score (nSPS) is 18.3. The Kier molecular flexibility index (Phi) is 7.46. The first-order valence-corrected chi connectivity index (χ1v) is 10.1. The van der Waals surface area contributed by atoms with Gasteiger partial charge in [0.15, 0.2) is 6.10 Å². The first kappa shape index (κ1) is 19.6. The van der Waals surface area contributed by atoms with Crippen LogP contribution in [-0.4, -0.2) is 19.2 Å². The van der Waals surface area contributed by atoms with E-state index in [9.17, 15) is 4.79 Å². The molecule has 0 amide bonds. The number of hydrogen-bond acceptors (Lipinski definition) is 3. The second kappa shape index (κ2) is 10.3. The summed E-state index contributed by atoms with van der Waals surface area (Å²) in [6.45, 7) is 0. The molecule has 3 rings (SSSR count).